The quantitative estimate of drug-likeness (QED) is 0.498. The Balaban J connectivity index is 1.71. The number of hydrogen-bond donors (Lipinski definition) is 1. The van der Waals surface area contributed by atoms with Crippen LogP contribution in [0.15, 0.2) is 53.6 Å². The van der Waals surface area contributed by atoms with Crippen LogP contribution < -0.4 is 15.6 Å². The largest absolute Gasteiger partial charge is 0.495 e. The number of carbonyl (C=O) groups excluding carboxylic acids is 1. The maximum Gasteiger partial charge on any atom is 0.266 e. The van der Waals surface area contributed by atoms with Gasteiger partial charge in [0.25, 0.3) is 11.5 Å². The molecule has 0 saturated heterocycles. The Bertz CT molecular complexity index is 1360. The molecular formula is C23H20FN3O3S. The van der Waals surface area contributed by atoms with Gasteiger partial charge in [-0.1, -0.05) is 24.3 Å². The zero-order valence-corrected chi connectivity index (χ0v) is 18.0. The molecule has 0 unspecified atom stereocenters. The standard InChI is InChI=1S/C23H20FN3O3S/c1-13-8-9-18(30-3)17(10-13)26-21(28)20-14(2)19-22(31-20)25-12-27(23(19)29)11-15-6-4-5-7-16(15)24/h4-10,12H,11H2,1-3H3,(H,26,28). The summed E-state index contributed by atoms with van der Waals surface area (Å²) in [6.45, 7) is 3.70. The molecule has 158 valence electrons. The molecule has 0 aliphatic rings. The smallest absolute Gasteiger partial charge is 0.266 e. The molecule has 1 N–H and O–H groups in total. The average Bonchev–Trinajstić information content (AvgIpc) is 3.09. The topological polar surface area (TPSA) is 73.2 Å². The van der Waals surface area contributed by atoms with Crippen molar-refractivity contribution in [1.29, 1.82) is 0 Å². The summed E-state index contributed by atoms with van der Waals surface area (Å²) in [5.41, 5.74) is 2.15. The number of fused-ring (bicyclic) bond motifs is 1. The fraction of sp³-hybridized carbons (Fsp3) is 0.174. The van der Waals surface area contributed by atoms with Gasteiger partial charge < -0.3 is 10.1 Å². The maximum atomic E-state index is 14.0. The van der Waals surface area contributed by atoms with Crippen LogP contribution in [0.25, 0.3) is 10.2 Å². The van der Waals surface area contributed by atoms with Gasteiger partial charge in [0.15, 0.2) is 0 Å². The third-order valence-corrected chi connectivity index (χ3v) is 6.22. The Labute approximate surface area is 181 Å². The van der Waals surface area contributed by atoms with E-state index in [0.717, 1.165) is 16.9 Å². The summed E-state index contributed by atoms with van der Waals surface area (Å²) >= 11 is 1.15. The van der Waals surface area contributed by atoms with Crippen molar-refractivity contribution in [3.05, 3.63) is 86.5 Å². The fourth-order valence-corrected chi connectivity index (χ4v) is 4.43. The lowest BCUT2D eigenvalue weighted by Crippen LogP contribution is -2.21. The summed E-state index contributed by atoms with van der Waals surface area (Å²) in [4.78, 5) is 31.2. The van der Waals surface area contributed by atoms with Crippen LogP contribution in [0.4, 0.5) is 10.1 Å². The molecule has 0 radical (unpaired) electrons. The third kappa shape index (κ3) is 3.94. The van der Waals surface area contributed by atoms with Crippen LogP contribution in [0, 0.1) is 19.7 Å². The lowest BCUT2D eigenvalue weighted by Gasteiger charge is -2.10. The number of halogens is 1. The molecule has 0 aliphatic carbocycles. The lowest BCUT2D eigenvalue weighted by atomic mass is 10.1. The van der Waals surface area contributed by atoms with Crippen LogP contribution in [0.5, 0.6) is 5.75 Å². The second kappa shape index (κ2) is 8.31. The van der Waals surface area contributed by atoms with E-state index in [2.05, 4.69) is 10.3 Å². The Morgan fingerprint density at radius 2 is 2.00 bits per heavy atom. The second-order valence-electron chi connectivity index (χ2n) is 7.16. The molecule has 0 bridgehead atoms. The van der Waals surface area contributed by atoms with Crippen molar-refractivity contribution in [2.45, 2.75) is 20.4 Å². The number of thiophene rings is 1. The highest BCUT2D eigenvalue weighted by Crippen LogP contribution is 2.30. The van der Waals surface area contributed by atoms with Crippen molar-refractivity contribution in [2.24, 2.45) is 0 Å². The van der Waals surface area contributed by atoms with E-state index in [9.17, 15) is 14.0 Å². The lowest BCUT2D eigenvalue weighted by molar-refractivity contribution is 0.102. The molecule has 2 heterocycles. The molecule has 4 aromatic rings. The van der Waals surface area contributed by atoms with Crippen molar-refractivity contribution < 1.29 is 13.9 Å². The molecule has 31 heavy (non-hydrogen) atoms. The number of methoxy groups -OCH3 is 1. The van der Waals surface area contributed by atoms with Crippen molar-refractivity contribution >= 4 is 33.1 Å². The summed E-state index contributed by atoms with van der Waals surface area (Å²) < 4.78 is 20.7. The van der Waals surface area contributed by atoms with Gasteiger partial charge in [-0.05, 0) is 43.2 Å². The Morgan fingerprint density at radius 3 is 2.74 bits per heavy atom. The van der Waals surface area contributed by atoms with Crippen molar-refractivity contribution in [3.63, 3.8) is 0 Å². The number of ether oxygens (including phenoxy) is 1. The highest BCUT2D eigenvalue weighted by Gasteiger charge is 2.21. The molecule has 2 aromatic carbocycles. The predicted molar refractivity (Wildman–Crippen MR) is 120 cm³/mol. The average molecular weight is 437 g/mol. The van der Waals surface area contributed by atoms with Crippen molar-refractivity contribution in [1.82, 2.24) is 9.55 Å². The normalized spacial score (nSPS) is 11.0. The van der Waals surface area contributed by atoms with E-state index in [0.29, 0.717) is 37.7 Å². The molecule has 1 amide bonds. The van der Waals surface area contributed by atoms with Gasteiger partial charge in [0.05, 0.1) is 35.9 Å². The first kappa shape index (κ1) is 20.7. The maximum absolute atomic E-state index is 14.0. The Hall–Kier alpha value is -3.52. The first-order valence-corrected chi connectivity index (χ1v) is 10.4. The van der Waals surface area contributed by atoms with Gasteiger partial charge in [0.2, 0.25) is 0 Å². The molecule has 6 nitrogen and oxygen atoms in total. The van der Waals surface area contributed by atoms with E-state index < -0.39 is 0 Å². The van der Waals surface area contributed by atoms with Gasteiger partial charge in [-0.25, -0.2) is 9.37 Å². The SMILES string of the molecule is COc1ccc(C)cc1NC(=O)c1sc2ncn(Cc3ccccc3F)c(=O)c2c1C. The highest BCUT2D eigenvalue weighted by atomic mass is 32.1. The third-order valence-electron chi connectivity index (χ3n) is 5.03. The number of amides is 1. The van der Waals surface area contributed by atoms with Crippen LogP contribution in [-0.4, -0.2) is 22.6 Å². The summed E-state index contributed by atoms with van der Waals surface area (Å²) in [6, 6.07) is 11.8. The number of aryl methyl sites for hydroxylation is 2. The second-order valence-corrected chi connectivity index (χ2v) is 8.16. The van der Waals surface area contributed by atoms with Gasteiger partial charge >= 0.3 is 0 Å². The number of nitrogens with one attached hydrogen (secondary N) is 1. The molecule has 8 heteroatoms. The monoisotopic (exact) mass is 437 g/mol. The predicted octanol–water partition coefficient (Wildman–Crippen LogP) is 4.52. The van der Waals surface area contributed by atoms with Crippen LogP contribution in [0.2, 0.25) is 0 Å². The molecule has 4 rings (SSSR count). The summed E-state index contributed by atoms with van der Waals surface area (Å²) in [6.07, 6.45) is 1.39. The van der Waals surface area contributed by atoms with Gasteiger partial charge in [0, 0.05) is 5.56 Å². The van der Waals surface area contributed by atoms with Gasteiger partial charge in [-0.2, -0.15) is 0 Å². The van der Waals surface area contributed by atoms with E-state index in [1.54, 1.807) is 31.2 Å². The minimum Gasteiger partial charge on any atom is -0.495 e. The first-order valence-electron chi connectivity index (χ1n) is 9.57. The summed E-state index contributed by atoms with van der Waals surface area (Å²) in [5, 5.41) is 3.23. The number of carbonyl (C=O) groups is 1. The van der Waals surface area contributed by atoms with E-state index in [4.69, 9.17) is 4.74 Å². The summed E-state index contributed by atoms with van der Waals surface area (Å²) in [7, 11) is 1.53. The number of benzene rings is 2. The number of aromatic nitrogens is 2. The van der Waals surface area contributed by atoms with Crippen molar-refractivity contribution in [3.8, 4) is 5.75 Å². The number of rotatable bonds is 5. The molecule has 0 aliphatic heterocycles. The Morgan fingerprint density at radius 1 is 1.23 bits per heavy atom. The van der Waals surface area contributed by atoms with Crippen LogP contribution >= 0.6 is 11.3 Å². The van der Waals surface area contributed by atoms with Crippen LogP contribution in [0.3, 0.4) is 0 Å². The number of hydrogen-bond acceptors (Lipinski definition) is 5. The molecule has 0 atom stereocenters. The molecule has 0 fully saturated rings. The van der Waals surface area contributed by atoms with Gasteiger partial charge in [-0.3, -0.25) is 14.2 Å². The minimum absolute atomic E-state index is 0.0613. The number of anilines is 1. The Kier molecular flexibility index (Phi) is 5.56. The molecule has 2 aromatic heterocycles. The van der Waals surface area contributed by atoms with Gasteiger partial charge in [-0.15, -0.1) is 11.3 Å². The van der Waals surface area contributed by atoms with E-state index in [1.807, 2.05) is 19.1 Å². The fourth-order valence-electron chi connectivity index (χ4n) is 3.40. The van der Waals surface area contributed by atoms with Crippen LogP contribution in [-0.2, 0) is 6.54 Å². The minimum atomic E-state index is -0.385. The molecule has 0 saturated carbocycles. The molecule has 0 spiro atoms. The number of nitrogens with zero attached hydrogens (tertiary/aromatic N) is 2. The zero-order chi connectivity index (χ0) is 22.1. The van der Waals surface area contributed by atoms with Crippen LogP contribution in [0.1, 0.15) is 26.4 Å². The van der Waals surface area contributed by atoms with E-state index in [1.165, 1.54) is 24.1 Å². The van der Waals surface area contributed by atoms with E-state index in [-0.39, 0.29) is 23.8 Å². The van der Waals surface area contributed by atoms with Crippen molar-refractivity contribution in [2.75, 3.05) is 12.4 Å². The first-order chi connectivity index (χ1) is 14.9. The van der Waals surface area contributed by atoms with E-state index >= 15 is 0 Å². The highest BCUT2D eigenvalue weighted by molar-refractivity contribution is 7.20. The zero-order valence-electron chi connectivity index (χ0n) is 17.2. The molecular weight excluding hydrogens is 417 g/mol. The summed E-state index contributed by atoms with van der Waals surface area (Å²) in [5.74, 6) is -0.184. The van der Waals surface area contributed by atoms with Gasteiger partial charge in [0.1, 0.15) is 16.4 Å².